The number of amides is 1. The SMILES string of the molecule is Cn1cc([C@@H](CC(=O)NCCc2ccc(Cl)cc2Cl)c2cccc(OCc3ccccc3)c2)c2ccccc21. The number of fused-ring (bicyclic) bond motifs is 1. The number of aryl methyl sites for hydroxylation is 1. The molecule has 1 atom stereocenters. The monoisotopic (exact) mass is 556 g/mol. The summed E-state index contributed by atoms with van der Waals surface area (Å²) in [6.45, 7) is 0.972. The first kappa shape index (κ1) is 26.9. The zero-order valence-corrected chi connectivity index (χ0v) is 23.3. The Bertz CT molecular complexity index is 1580. The molecule has 0 aliphatic rings. The minimum atomic E-state index is -0.143. The number of aromatic nitrogens is 1. The Labute approximate surface area is 239 Å². The predicted molar refractivity (Wildman–Crippen MR) is 160 cm³/mol. The van der Waals surface area contributed by atoms with Gasteiger partial charge in [0.1, 0.15) is 12.4 Å². The zero-order chi connectivity index (χ0) is 27.2. The lowest BCUT2D eigenvalue weighted by molar-refractivity contribution is -0.121. The minimum Gasteiger partial charge on any atom is -0.489 e. The minimum absolute atomic E-state index is 0.0198. The first-order chi connectivity index (χ1) is 19.0. The van der Waals surface area contributed by atoms with Gasteiger partial charge in [-0.15, -0.1) is 0 Å². The van der Waals surface area contributed by atoms with Crippen LogP contribution in [0.3, 0.4) is 0 Å². The molecule has 0 saturated heterocycles. The van der Waals surface area contributed by atoms with Gasteiger partial charge >= 0.3 is 0 Å². The highest BCUT2D eigenvalue weighted by Gasteiger charge is 2.23. The normalized spacial score (nSPS) is 11.9. The van der Waals surface area contributed by atoms with Gasteiger partial charge in [0.25, 0.3) is 0 Å². The zero-order valence-electron chi connectivity index (χ0n) is 21.7. The van der Waals surface area contributed by atoms with Crippen LogP contribution in [0, 0.1) is 0 Å². The number of hydrogen-bond acceptors (Lipinski definition) is 2. The average Bonchev–Trinajstić information content (AvgIpc) is 3.28. The number of nitrogens with one attached hydrogen (secondary N) is 1. The highest BCUT2D eigenvalue weighted by atomic mass is 35.5. The third kappa shape index (κ3) is 6.65. The summed E-state index contributed by atoms with van der Waals surface area (Å²) in [5.41, 5.74) is 5.34. The van der Waals surface area contributed by atoms with E-state index >= 15 is 0 Å². The van der Waals surface area contributed by atoms with Crippen molar-refractivity contribution in [3.63, 3.8) is 0 Å². The molecule has 1 amide bonds. The van der Waals surface area contributed by atoms with Crippen molar-refractivity contribution in [3.05, 3.63) is 136 Å². The van der Waals surface area contributed by atoms with Crippen molar-refractivity contribution >= 4 is 40.0 Å². The summed E-state index contributed by atoms with van der Waals surface area (Å²) < 4.78 is 8.24. The molecular formula is C33H30Cl2N2O2. The highest BCUT2D eigenvalue weighted by Crippen LogP contribution is 2.36. The van der Waals surface area contributed by atoms with E-state index in [4.69, 9.17) is 27.9 Å². The van der Waals surface area contributed by atoms with Crippen LogP contribution in [0.4, 0.5) is 0 Å². The van der Waals surface area contributed by atoms with Crippen LogP contribution in [-0.2, 0) is 24.9 Å². The second kappa shape index (κ2) is 12.4. The largest absolute Gasteiger partial charge is 0.489 e. The second-order valence-corrected chi connectivity index (χ2v) is 10.5. The van der Waals surface area contributed by atoms with Gasteiger partial charge in [-0.3, -0.25) is 4.79 Å². The maximum Gasteiger partial charge on any atom is 0.220 e. The maximum atomic E-state index is 13.3. The van der Waals surface area contributed by atoms with E-state index in [1.165, 1.54) is 0 Å². The fourth-order valence-corrected chi connectivity index (χ4v) is 5.44. The molecule has 0 aliphatic carbocycles. The maximum absolute atomic E-state index is 13.3. The van der Waals surface area contributed by atoms with Gasteiger partial charge in [0, 0.05) is 53.1 Å². The fourth-order valence-electron chi connectivity index (χ4n) is 4.94. The number of benzene rings is 4. The molecule has 1 aromatic heterocycles. The summed E-state index contributed by atoms with van der Waals surface area (Å²) in [5.74, 6) is 0.614. The van der Waals surface area contributed by atoms with Crippen molar-refractivity contribution in [3.8, 4) is 5.75 Å². The third-order valence-corrected chi connectivity index (χ3v) is 7.52. The molecule has 5 aromatic rings. The van der Waals surface area contributed by atoms with E-state index in [1.807, 2.05) is 73.8 Å². The van der Waals surface area contributed by atoms with Crippen molar-refractivity contribution in [2.24, 2.45) is 7.05 Å². The van der Waals surface area contributed by atoms with Crippen molar-refractivity contribution in [1.82, 2.24) is 9.88 Å². The molecule has 0 spiro atoms. The number of nitrogens with zero attached hydrogens (tertiary/aromatic N) is 1. The summed E-state index contributed by atoms with van der Waals surface area (Å²) in [5, 5.41) is 5.44. The van der Waals surface area contributed by atoms with E-state index in [9.17, 15) is 4.79 Å². The Morgan fingerprint density at radius 1 is 0.923 bits per heavy atom. The van der Waals surface area contributed by atoms with Gasteiger partial charge < -0.3 is 14.6 Å². The van der Waals surface area contributed by atoms with Gasteiger partial charge in [-0.05, 0) is 59.0 Å². The summed E-state index contributed by atoms with van der Waals surface area (Å²) in [7, 11) is 2.04. The molecule has 4 nitrogen and oxygen atoms in total. The van der Waals surface area contributed by atoms with Crippen LogP contribution < -0.4 is 10.1 Å². The lowest BCUT2D eigenvalue weighted by Gasteiger charge is -2.18. The predicted octanol–water partition coefficient (Wildman–Crippen LogP) is 7.95. The number of carbonyl (C=O) groups is 1. The molecule has 6 heteroatoms. The van der Waals surface area contributed by atoms with Gasteiger partial charge in [0.2, 0.25) is 5.91 Å². The fraction of sp³-hybridized carbons (Fsp3) is 0.182. The molecule has 0 aliphatic heterocycles. The van der Waals surface area contributed by atoms with E-state index in [0.717, 1.165) is 38.9 Å². The van der Waals surface area contributed by atoms with Crippen molar-refractivity contribution in [1.29, 1.82) is 0 Å². The van der Waals surface area contributed by atoms with Gasteiger partial charge in [0.05, 0.1) is 0 Å². The van der Waals surface area contributed by atoms with Gasteiger partial charge in [-0.2, -0.15) is 0 Å². The number of rotatable bonds is 10. The number of carbonyl (C=O) groups excluding carboxylic acids is 1. The smallest absolute Gasteiger partial charge is 0.220 e. The average molecular weight is 558 g/mol. The molecule has 0 fully saturated rings. The molecule has 0 saturated carbocycles. The van der Waals surface area contributed by atoms with Crippen molar-refractivity contribution < 1.29 is 9.53 Å². The number of hydrogen-bond donors (Lipinski definition) is 1. The highest BCUT2D eigenvalue weighted by molar-refractivity contribution is 6.35. The molecule has 39 heavy (non-hydrogen) atoms. The summed E-state index contributed by atoms with van der Waals surface area (Å²) >= 11 is 12.3. The molecule has 0 unspecified atom stereocenters. The van der Waals surface area contributed by atoms with Crippen molar-refractivity contribution in [2.75, 3.05) is 6.54 Å². The Morgan fingerprint density at radius 3 is 2.54 bits per heavy atom. The van der Waals surface area contributed by atoms with E-state index in [-0.39, 0.29) is 11.8 Å². The van der Waals surface area contributed by atoms with Crippen molar-refractivity contribution in [2.45, 2.75) is 25.4 Å². The van der Waals surface area contributed by atoms with Crippen LogP contribution in [0.2, 0.25) is 10.0 Å². The first-order valence-electron chi connectivity index (χ1n) is 13.0. The summed E-state index contributed by atoms with van der Waals surface area (Å²) in [6, 6.07) is 31.9. The lowest BCUT2D eigenvalue weighted by atomic mass is 9.88. The van der Waals surface area contributed by atoms with Gasteiger partial charge in [0.15, 0.2) is 0 Å². The van der Waals surface area contributed by atoms with E-state index in [2.05, 4.69) is 40.3 Å². The number of ether oxygens (including phenoxy) is 1. The van der Waals surface area contributed by atoms with Crippen LogP contribution in [0.25, 0.3) is 10.9 Å². The van der Waals surface area contributed by atoms with Crippen LogP contribution in [-0.4, -0.2) is 17.0 Å². The second-order valence-electron chi connectivity index (χ2n) is 9.65. The van der Waals surface area contributed by atoms with E-state index < -0.39 is 0 Å². The molecule has 0 radical (unpaired) electrons. The van der Waals surface area contributed by atoms with Crippen LogP contribution in [0.15, 0.2) is 103 Å². The van der Waals surface area contributed by atoms with Crippen LogP contribution in [0.1, 0.15) is 34.6 Å². The van der Waals surface area contributed by atoms with Crippen LogP contribution in [0.5, 0.6) is 5.75 Å². The Hall–Kier alpha value is -3.73. The molecule has 5 rings (SSSR count). The molecular weight excluding hydrogens is 527 g/mol. The Balaban J connectivity index is 1.37. The standard InChI is InChI=1S/C33H30Cl2N2O2/c1-37-21-30(28-12-5-6-13-32(28)37)29(20-33(38)36-17-16-24-14-15-26(34)19-31(24)35)25-10-7-11-27(18-25)39-22-23-8-3-2-4-9-23/h2-15,18-19,21,29H,16-17,20,22H2,1H3,(H,36,38)/t29-/m0/s1. The topological polar surface area (TPSA) is 43.3 Å². The Morgan fingerprint density at radius 2 is 1.72 bits per heavy atom. The number of halogens is 2. The first-order valence-corrected chi connectivity index (χ1v) is 13.7. The van der Waals surface area contributed by atoms with E-state index in [0.29, 0.717) is 36.0 Å². The third-order valence-electron chi connectivity index (χ3n) is 6.93. The van der Waals surface area contributed by atoms with Gasteiger partial charge in [-0.25, -0.2) is 0 Å². The molecule has 198 valence electrons. The quantitative estimate of drug-likeness (QED) is 0.189. The molecule has 0 bridgehead atoms. The number of para-hydroxylation sites is 1. The summed E-state index contributed by atoms with van der Waals surface area (Å²) in [6.07, 6.45) is 3.07. The van der Waals surface area contributed by atoms with Gasteiger partial charge in [-0.1, -0.05) is 89.9 Å². The lowest BCUT2D eigenvalue weighted by Crippen LogP contribution is -2.27. The summed E-state index contributed by atoms with van der Waals surface area (Å²) in [4.78, 5) is 13.3. The Kier molecular flexibility index (Phi) is 8.55. The van der Waals surface area contributed by atoms with Crippen LogP contribution >= 0.6 is 23.2 Å². The molecule has 4 aromatic carbocycles. The van der Waals surface area contributed by atoms with E-state index in [1.54, 1.807) is 6.07 Å². The molecule has 1 N–H and O–H groups in total. The molecule has 1 heterocycles.